The van der Waals surface area contributed by atoms with Crippen molar-refractivity contribution < 1.29 is 23.8 Å². The van der Waals surface area contributed by atoms with Crippen molar-refractivity contribution in [3.8, 4) is 28.4 Å². The number of aryl methyl sites for hydroxylation is 1. The highest BCUT2D eigenvalue weighted by molar-refractivity contribution is 5.84. The Bertz CT molecular complexity index is 1030. The number of fused-ring (bicyclic) bond motifs is 3. The van der Waals surface area contributed by atoms with E-state index in [2.05, 4.69) is 5.32 Å². The molecule has 1 aliphatic rings. The first kappa shape index (κ1) is 20.4. The molecule has 0 saturated heterocycles. The van der Waals surface area contributed by atoms with Gasteiger partial charge < -0.3 is 19.5 Å². The number of carbonyl (C=O) groups excluding carboxylic acids is 2. The van der Waals surface area contributed by atoms with Crippen molar-refractivity contribution in [3.63, 3.8) is 0 Å². The number of aldehydes is 1. The van der Waals surface area contributed by atoms with Gasteiger partial charge in [-0.15, -0.1) is 0 Å². The molecular formula is C22H23NO6. The summed E-state index contributed by atoms with van der Waals surface area (Å²) in [4.78, 5) is 35.7. The van der Waals surface area contributed by atoms with Crippen molar-refractivity contribution >= 4 is 12.2 Å². The summed E-state index contributed by atoms with van der Waals surface area (Å²) in [6.07, 6.45) is 1.71. The predicted molar refractivity (Wildman–Crippen MR) is 108 cm³/mol. The van der Waals surface area contributed by atoms with Gasteiger partial charge in [0.25, 0.3) is 0 Å². The predicted octanol–water partition coefficient (Wildman–Crippen LogP) is 2.68. The lowest BCUT2D eigenvalue weighted by Gasteiger charge is -2.19. The van der Waals surface area contributed by atoms with Gasteiger partial charge in [-0.3, -0.25) is 14.4 Å². The fraction of sp³-hybridized carbons (Fsp3) is 0.318. The molecule has 0 saturated carbocycles. The van der Waals surface area contributed by atoms with E-state index in [0.29, 0.717) is 47.5 Å². The second kappa shape index (κ2) is 8.34. The zero-order valence-electron chi connectivity index (χ0n) is 16.8. The van der Waals surface area contributed by atoms with Gasteiger partial charge in [0.15, 0.2) is 23.2 Å². The van der Waals surface area contributed by atoms with Crippen LogP contribution in [-0.4, -0.2) is 33.5 Å². The summed E-state index contributed by atoms with van der Waals surface area (Å²) in [6, 6.07) is 6.11. The summed E-state index contributed by atoms with van der Waals surface area (Å²) in [5, 5.41) is 2.92. The summed E-state index contributed by atoms with van der Waals surface area (Å²) >= 11 is 0. The summed E-state index contributed by atoms with van der Waals surface area (Å²) < 4.78 is 16.7. The fourth-order valence-corrected chi connectivity index (χ4v) is 3.82. The largest absolute Gasteiger partial charge is 0.493 e. The van der Waals surface area contributed by atoms with Crippen molar-refractivity contribution in [1.82, 2.24) is 5.32 Å². The molecule has 0 fully saturated rings. The number of hydrogen-bond acceptors (Lipinski definition) is 6. The molecule has 2 aromatic rings. The summed E-state index contributed by atoms with van der Waals surface area (Å²) in [5.74, 6) is 1.23. The monoisotopic (exact) mass is 397 g/mol. The van der Waals surface area contributed by atoms with Gasteiger partial charge in [-0.05, 0) is 47.7 Å². The Kier molecular flexibility index (Phi) is 5.87. The Hall–Kier alpha value is -3.35. The fourth-order valence-electron chi connectivity index (χ4n) is 3.82. The van der Waals surface area contributed by atoms with Crippen molar-refractivity contribution in [3.05, 3.63) is 51.2 Å². The Morgan fingerprint density at radius 1 is 1.10 bits per heavy atom. The van der Waals surface area contributed by atoms with Crippen molar-refractivity contribution in [2.24, 2.45) is 0 Å². The third-order valence-electron chi connectivity index (χ3n) is 5.07. The van der Waals surface area contributed by atoms with Crippen LogP contribution in [0.3, 0.4) is 0 Å². The van der Waals surface area contributed by atoms with Crippen LogP contribution in [0.1, 0.15) is 40.9 Å². The normalized spacial score (nSPS) is 14.7. The molecule has 1 aliphatic carbocycles. The smallest absolute Gasteiger partial charge is 0.217 e. The van der Waals surface area contributed by atoms with Crippen molar-refractivity contribution in [2.75, 3.05) is 21.3 Å². The molecule has 1 atom stereocenters. The zero-order valence-corrected chi connectivity index (χ0v) is 16.8. The van der Waals surface area contributed by atoms with E-state index >= 15 is 0 Å². The second-order valence-corrected chi connectivity index (χ2v) is 6.76. The molecule has 0 aliphatic heterocycles. The van der Waals surface area contributed by atoms with Crippen LogP contribution in [-0.2, 0) is 11.2 Å². The highest BCUT2D eigenvalue weighted by Gasteiger charge is 2.29. The van der Waals surface area contributed by atoms with Crippen LogP contribution < -0.4 is 25.0 Å². The molecular weight excluding hydrogens is 374 g/mol. The minimum absolute atomic E-state index is 0.0423. The molecule has 1 N–H and O–H groups in total. The van der Waals surface area contributed by atoms with Crippen LogP contribution in [0.25, 0.3) is 11.1 Å². The average Bonchev–Trinajstić information content (AvgIpc) is 2.95. The van der Waals surface area contributed by atoms with E-state index in [1.807, 2.05) is 6.07 Å². The standard InChI is InChI=1S/C22H23NO6/c1-12(25)23-17-8-6-13-9-19(27-2)21(28-3)22(29-4)20(13)15-7-5-14(11-24)18(26)10-16(15)17/h5,7,9-11,17H,6,8H2,1-4H3,(H,23,25)/t17-/m0/s1. The summed E-state index contributed by atoms with van der Waals surface area (Å²) in [6.45, 7) is 1.43. The van der Waals surface area contributed by atoms with Crippen LogP contribution in [0.5, 0.6) is 17.2 Å². The van der Waals surface area contributed by atoms with E-state index in [0.717, 1.165) is 11.1 Å². The maximum Gasteiger partial charge on any atom is 0.217 e. The lowest BCUT2D eigenvalue weighted by molar-refractivity contribution is -0.119. The van der Waals surface area contributed by atoms with E-state index in [9.17, 15) is 14.4 Å². The van der Waals surface area contributed by atoms with Crippen LogP contribution >= 0.6 is 0 Å². The first-order valence-electron chi connectivity index (χ1n) is 9.17. The van der Waals surface area contributed by atoms with Gasteiger partial charge in [-0.1, -0.05) is 6.07 Å². The van der Waals surface area contributed by atoms with E-state index in [4.69, 9.17) is 14.2 Å². The molecule has 3 rings (SSSR count). The molecule has 1 amide bonds. The number of methoxy groups -OCH3 is 3. The van der Waals surface area contributed by atoms with E-state index < -0.39 is 11.5 Å². The molecule has 7 heteroatoms. The van der Waals surface area contributed by atoms with E-state index in [1.165, 1.54) is 33.3 Å². The first-order valence-corrected chi connectivity index (χ1v) is 9.17. The zero-order chi connectivity index (χ0) is 21.1. The Morgan fingerprint density at radius 3 is 2.41 bits per heavy atom. The Balaban J connectivity index is 2.43. The third-order valence-corrected chi connectivity index (χ3v) is 5.07. The van der Waals surface area contributed by atoms with Crippen LogP contribution in [0.4, 0.5) is 0 Å². The van der Waals surface area contributed by atoms with Crippen LogP contribution in [0, 0.1) is 0 Å². The summed E-state index contributed by atoms with van der Waals surface area (Å²) in [7, 11) is 4.61. The quantitative estimate of drug-likeness (QED) is 0.780. The van der Waals surface area contributed by atoms with Gasteiger partial charge in [-0.25, -0.2) is 0 Å². The molecule has 0 heterocycles. The van der Waals surface area contributed by atoms with E-state index in [1.54, 1.807) is 13.2 Å². The molecule has 29 heavy (non-hydrogen) atoms. The lowest BCUT2D eigenvalue weighted by Crippen LogP contribution is -2.26. The molecule has 0 radical (unpaired) electrons. The number of rotatable bonds is 5. The molecule has 0 bridgehead atoms. The average molecular weight is 397 g/mol. The topological polar surface area (TPSA) is 90.9 Å². The maximum atomic E-state index is 12.5. The maximum absolute atomic E-state index is 12.5. The first-order chi connectivity index (χ1) is 13.9. The number of ether oxygens (including phenoxy) is 3. The van der Waals surface area contributed by atoms with Crippen molar-refractivity contribution in [1.29, 1.82) is 0 Å². The molecule has 0 unspecified atom stereocenters. The Labute approximate surface area is 168 Å². The molecule has 152 valence electrons. The molecule has 0 aromatic heterocycles. The number of carbonyl (C=O) groups is 2. The lowest BCUT2D eigenvalue weighted by atomic mass is 9.95. The number of hydrogen-bond donors (Lipinski definition) is 1. The minimum Gasteiger partial charge on any atom is -0.493 e. The SMILES string of the molecule is COc1cc2c(c(OC)c1OC)-c1ccc(C=O)c(=O)cc1[C@@H](NC(C)=O)CC2. The van der Waals surface area contributed by atoms with E-state index in [-0.39, 0.29) is 11.5 Å². The molecule has 2 aromatic carbocycles. The third kappa shape index (κ3) is 3.68. The van der Waals surface area contributed by atoms with Gasteiger partial charge in [0.2, 0.25) is 11.7 Å². The van der Waals surface area contributed by atoms with Gasteiger partial charge in [0.05, 0.1) is 32.9 Å². The number of nitrogens with one attached hydrogen (secondary N) is 1. The van der Waals surface area contributed by atoms with Crippen molar-refractivity contribution in [2.45, 2.75) is 25.8 Å². The number of benzene rings is 1. The van der Waals surface area contributed by atoms with Crippen LogP contribution in [0.2, 0.25) is 0 Å². The number of amides is 1. The minimum atomic E-state index is -0.403. The Morgan fingerprint density at radius 2 is 1.83 bits per heavy atom. The van der Waals surface area contributed by atoms with Gasteiger partial charge in [0, 0.05) is 12.5 Å². The van der Waals surface area contributed by atoms with Gasteiger partial charge >= 0.3 is 0 Å². The molecule has 7 nitrogen and oxygen atoms in total. The van der Waals surface area contributed by atoms with Gasteiger partial charge in [-0.2, -0.15) is 0 Å². The van der Waals surface area contributed by atoms with Gasteiger partial charge in [0.1, 0.15) is 0 Å². The molecule has 0 spiro atoms. The summed E-state index contributed by atoms with van der Waals surface area (Å²) in [5.41, 5.74) is 2.64. The van der Waals surface area contributed by atoms with Crippen LogP contribution in [0.15, 0.2) is 29.1 Å². The second-order valence-electron chi connectivity index (χ2n) is 6.76. The highest BCUT2D eigenvalue weighted by atomic mass is 16.5. The highest BCUT2D eigenvalue weighted by Crippen LogP contribution is 2.50.